The van der Waals surface area contributed by atoms with Gasteiger partial charge in [-0.1, -0.05) is 6.07 Å². The van der Waals surface area contributed by atoms with E-state index in [4.69, 9.17) is 0 Å². The monoisotopic (exact) mass is 358 g/mol. The van der Waals surface area contributed by atoms with Crippen molar-refractivity contribution >= 4 is 34.6 Å². The number of amides is 3. The van der Waals surface area contributed by atoms with Gasteiger partial charge in [0.1, 0.15) is 0 Å². The van der Waals surface area contributed by atoms with Crippen molar-refractivity contribution in [2.75, 3.05) is 16.8 Å². The van der Waals surface area contributed by atoms with Crippen molar-refractivity contribution < 1.29 is 9.59 Å². The largest absolute Gasteiger partial charge is 0.338 e. The molecule has 0 unspecified atom stereocenters. The molecule has 1 saturated heterocycles. The number of benzene rings is 1. The highest BCUT2D eigenvalue weighted by Gasteiger charge is 2.28. The molecule has 2 aromatic rings. The highest BCUT2D eigenvalue weighted by molar-refractivity contribution is 7.09. The van der Waals surface area contributed by atoms with E-state index in [1.807, 2.05) is 43.6 Å². The first kappa shape index (κ1) is 17.4. The number of hydrogen-bond donors (Lipinski definition) is 2. The highest BCUT2D eigenvalue weighted by atomic mass is 32.1. The summed E-state index contributed by atoms with van der Waals surface area (Å²) in [7, 11) is 0. The molecule has 6 nitrogen and oxygen atoms in total. The summed E-state index contributed by atoms with van der Waals surface area (Å²) in [6.07, 6.45) is 2.22. The Labute approximate surface area is 151 Å². The van der Waals surface area contributed by atoms with Gasteiger partial charge in [-0.15, -0.1) is 11.3 Å². The lowest BCUT2D eigenvalue weighted by Crippen LogP contribution is -2.32. The highest BCUT2D eigenvalue weighted by Crippen LogP contribution is 2.28. The van der Waals surface area contributed by atoms with Crippen LogP contribution in [0.2, 0.25) is 0 Å². The van der Waals surface area contributed by atoms with E-state index in [1.54, 1.807) is 16.2 Å². The third-order valence-corrected chi connectivity index (χ3v) is 5.34. The summed E-state index contributed by atoms with van der Waals surface area (Å²) in [5, 5.41) is 5.68. The van der Waals surface area contributed by atoms with Crippen molar-refractivity contribution in [3.05, 3.63) is 40.3 Å². The van der Waals surface area contributed by atoms with Crippen molar-refractivity contribution in [2.24, 2.45) is 0 Å². The van der Waals surface area contributed by atoms with Crippen LogP contribution >= 0.6 is 11.3 Å². The zero-order valence-electron chi connectivity index (χ0n) is 14.4. The van der Waals surface area contributed by atoms with E-state index in [9.17, 15) is 9.59 Å². The number of nitrogens with zero attached hydrogens (tertiary/aromatic N) is 2. The van der Waals surface area contributed by atoms with Crippen molar-refractivity contribution in [1.29, 1.82) is 0 Å². The maximum absolute atomic E-state index is 12.1. The summed E-state index contributed by atoms with van der Waals surface area (Å²) in [5.41, 5.74) is 4.34. The van der Waals surface area contributed by atoms with E-state index < -0.39 is 0 Å². The van der Waals surface area contributed by atoms with E-state index in [-0.39, 0.29) is 18.0 Å². The Morgan fingerprint density at radius 2 is 2.28 bits per heavy atom. The maximum atomic E-state index is 12.1. The fourth-order valence-electron chi connectivity index (χ4n) is 2.99. The number of anilines is 2. The number of carbonyl (C=O) groups excluding carboxylic acids is 2. The van der Waals surface area contributed by atoms with Crippen LogP contribution in [-0.2, 0) is 11.2 Å². The van der Waals surface area contributed by atoms with Crippen molar-refractivity contribution in [1.82, 2.24) is 10.3 Å². The van der Waals surface area contributed by atoms with E-state index in [0.29, 0.717) is 18.7 Å². The normalized spacial score (nSPS) is 17.0. The predicted octanol–water partition coefficient (Wildman–Crippen LogP) is 3.33. The number of carbonyl (C=O) groups is 2. The van der Waals surface area contributed by atoms with Crippen LogP contribution in [0.5, 0.6) is 0 Å². The number of nitrogens with one attached hydrogen (secondary N) is 2. The lowest BCUT2D eigenvalue weighted by Gasteiger charge is -2.22. The average molecular weight is 358 g/mol. The van der Waals surface area contributed by atoms with Gasteiger partial charge in [0.25, 0.3) is 0 Å². The van der Waals surface area contributed by atoms with Crippen LogP contribution in [0.25, 0.3) is 0 Å². The molecule has 0 bridgehead atoms. The van der Waals surface area contributed by atoms with Crippen LogP contribution in [0.1, 0.15) is 30.3 Å². The molecule has 2 heterocycles. The van der Waals surface area contributed by atoms with Gasteiger partial charge < -0.3 is 15.5 Å². The maximum Gasteiger partial charge on any atom is 0.319 e. The van der Waals surface area contributed by atoms with Crippen LogP contribution in [0.4, 0.5) is 16.2 Å². The standard InChI is InChI=1S/C18H22N4O2S/c1-12-6-7-17(23)22(12)15-5-3-4-14(10-15)21-18(24)19-9-8-16-13(2)20-11-25-16/h3-5,10-12H,6-9H2,1-2H3,(H2,19,21,24)/t12-/m1/s1. The molecule has 0 spiro atoms. The molecular formula is C18H22N4O2S. The minimum Gasteiger partial charge on any atom is -0.338 e. The van der Waals surface area contributed by atoms with Gasteiger partial charge >= 0.3 is 6.03 Å². The van der Waals surface area contributed by atoms with Gasteiger partial charge in [-0.25, -0.2) is 9.78 Å². The molecule has 0 saturated carbocycles. The lowest BCUT2D eigenvalue weighted by molar-refractivity contribution is -0.117. The summed E-state index contributed by atoms with van der Waals surface area (Å²) in [5.74, 6) is 0.133. The molecule has 3 rings (SSSR count). The topological polar surface area (TPSA) is 74.3 Å². The zero-order chi connectivity index (χ0) is 17.8. The first-order valence-electron chi connectivity index (χ1n) is 8.40. The van der Waals surface area contributed by atoms with Crippen molar-refractivity contribution in [2.45, 2.75) is 39.2 Å². The van der Waals surface area contributed by atoms with Crippen molar-refractivity contribution in [3.63, 3.8) is 0 Å². The Morgan fingerprint density at radius 3 is 2.96 bits per heavy atom. The number of urea groups is 1. The molecule has 2 N–H and O–H groups in total. The Bertz CT molecular complexity index is 774. The van der Waals surface area contributed by atoms with E-state index in [1.165, 1.54) is 4.88 Å². The minimum absolute atomic E-state index is 0.133. The number of thiazole rings is 1. The summed E-state index contributed by atoms with van der Waals surface area (Å²) in [6, 6.07) is 7.35. The molecular weight excluding hydrogens is 336 g/mol. The smallest absolute Gasteiger partial charge is 0.319 e. The van der Waals surface area contributed by atoms with Crippen molar-refractivity contribution in [3.8, 4) is 0 Å². The number of aromatic nitrogens is 1. The molecule has 1 aromatic heterocycles. The molecule has 3 amide bonds. The molecule has 7 heteroatoms. The Morgan fingerprint density at radius 1 is 1.44 bits per heavy atom. The Hall–Kier alpha value is -2.41. The predicted molar refractivity (Wildman–Crippen MR) is 100 cm³/mol. The van der Waals surface area contributed by atoms with Gasteiger partial charge in [0.15, 0.2) is 0 Å². The Kier molecular flexibility index (Phi) is 5.33. The third kappa shape index (κ3) is 4.17. The van der Waals surface area contributed by atoms with Gasteiger partial charge in [0, 0.05) is 41.7 Å². The van der Waals surface area contributed by atoms with Crippen LogP contribution in [0.15, 0.2) is 29.8 Å². The van der Waals surface area contributed by atoms with E-state index in [2.05, 4.69) is 15.6 Å². The van der Waals surface area contributed by atoms with Crippen LogP contribution in [0.3, 0.4) is 0 Å². The van der Waals surface area contributed by atoms with Gasteiger partial charge in [-0.3, -0.25) is 4.79 Å². The van der Waals surface area contributed by atoms with Crippen LogP contribution in [0, 0.1) is 6.92 Å². The fourth-order valence-corrected chi connectivity index (χ4v) is 3.77. The summed E-state index contributed by atoms with van der Waals surface area (Å²) in [6.45, 7) is 4.56. The molecule has 1 aliphatic rings. The quantitative estimate of drug-likeness (QED) is 0.861. The Balaban J connectivity index is 1.55. The molecule has 1 atom stereocenters. The zero-order valence-corrected chi connectivity index (χ0v) is 15.2. The molecule has 132 valence electrons. The molecule has 1 aromatic carbocycles. The summed E-state index contributed by atoms with van der Waals surface area (Å²) < 4.78 is 0. The first-order valence-corrected chi connectivity index (χ1v) is 9.28. The summed E-state index contributed by atoms with van der Waals surface area (Å²) >= 11 is 1.60. The second-order valence-corrected chi connectivity index (χ2v) is 7.13. The van der Waals surface area contributed by atoms with Crippen LogP contribution < -0.4 is 15.5 Å². The molecule has 25 heavy (non-hydrogen) atoms. The number of rotatable bonds is 5. The number of hydrogen-bond acceptors (Lipinski definition) is 4. The first-order chi connectivity index (χ1) is 12.0. The average Bonchev–Trinajstić information content (AvgIpc) is 3.13. The minimum atomic E-state index is -0.250. The van der Waals surface area contributed by atoms with Gasteiger partial charge in [0.05, 0.1) is 11.2 Å². The lowest BCUT2D eigenvalue weighted by atomic mass is 10.2. The summed E-state index contributed by atoms with van der Waals surface area (Å²) in [4.78, 5) is 31.3. The van der Waals surface area contributed by atoms with E-state index in [0.717, 1.165) is 24.2 Å². The van der Waals surface area contributed by atoms with Gasteiger partial charge in [0.2, 0.25) is 5.91 Å². The van der Waals surface area contributed by atoms with Gasteiger partial charge in [-0.2, -0.15) is 0 Å². The fraction of sp³-hybridized carbons (Fsp3) is 0.389. The molecule has 1 aliphatic heterocycles. The molecule has 0 radical (unpaired) electrons. The SMILES string of the molecule is Cc1ncsc1CCNC(=O)Nc1cccc(N2C(=O)CC[C@H]2C)c1. The second kappa shape index (κ2) is 7.65. The molecule has 0 aliphatic carbocycles. The third-order valence-electron chi connectivity index (χ3n) is 4.35. The second-order valence-electron chi connectivity index (χ2n) is 6.19. The number of aryl methyl sites for hydroxylation is 1. The van der Waals surface area contributed by atoms with Gasteiger partial charge in [-0.05, 0) is 38.5 Å². The van der Waals surface area contributed by atoms with Crippen LogP contribution in [-0.4, -0.2) is 29.5 Å². The molecule has 1 fully saturated rings. The van der Waals surface area contributed by atoms with E-state index >= 15 is 0 Å².